The van der Waals surface area contributed by atoms with E-state index >= 15 is 0 Å². The lowest BCUT2D eigenvalue weighted by Crippen LogP contribution is -2.39. The van der Waals surface area contributed by atoms with Crippen molar-refractivity contribution >= 4 is 41.6 Å². The summed E-state index contributed by atoms with van der Waals surface area (Å²) >= 11 is 12.5. The Morgan fingerprint density at radius 3 is 2.44 bits per heavy atom. The summed E-state index contributed by atoms with van der Waals surface area (Å²) in [6, 6.07) is 13.8. The highest BCUT2D eigenvalue weighted by Gasteiger charge is 2.22. The van der Waals surface area contributed by atoms with E-state index < -0.39 is 5.97 Å². The Morgan fingerprint density at radius 1 is 1.15 bits per heavy atom. The van der Waals surface area contributed by atoms with Crippen molar-refractivity contribution in [3.63, 3.8) is 0 Å². The fraction of sp³-hybridized carbons (Fsp3) is 0.350. The van der Waals surface area contributed by atoms with Crippen molar-refractivity contribution in [1.29, 1.82) is 0 Å². The Balaban J connectivity index is 0.00000261. The van der Waals surface area contributed by atoms with E-state index in [1.54, 1.807) is 0 Å². The van der Waals surface area contributed by atoms with Crippen LogP contribution in [0.4, 0.5) is 0 Å². The molecule has 4 nitrogen and oxygen atoms in total. The summed E-state index contributed by atoms with van der Waals surface area (Å²) in [5.41, 5.74) is 3.15. The van der Waals surface area contributed by atoms with Crippen LogP contribution in [0.5, 0.6) is 0 Å². The van der Waals surface area contributed by atoms with Crippen LogP contribution in [-0.2, 0) is 16.0 Å². The number of carbonyl (C=O) groups is 1. The summed E-state index contributed by atoms with van der Waals surface area (Å²) in [6.45, 7) is 2.65. The lowest BCUT2D eigenvalue weighted by molar-refractivity contribution is -0.137. The number of carboxylic acid groups (broad SMARTS) is 1. The number of hydrogen-bond donors (Lipinski definition) is 1. The molecule has 0 bridgehead atoms. The largest absolute Gasteiger partial charge is 0.481 e. The van der Waals surface area contributed by atoms with E-state index in [1.165, 1.54) is 0 Å². The number of rotatable bonds is 6. The first kappa shape index (κ1) is 22.0. The van der Waals surface area contributed by atoms with Gasteiger partial charge in [-0.2, -0.15) is 0 Å². The summed E-state index contributed by atoms with van der Waals surface area (Å²) in [6.07, 6.45) is 0.801. The smallest absolute Gasteiger partial charge is 0.304 e. The van der Waals surface area contributed by atoms with Gasteiger partial charge in [0.05, 0.1) is 19.1 Å². The molecule has 0 amide bonds. The quantitative estimate of drug-likeness (QED) is 0.711. The summed E-state index contributed by atoms with van der Waals surface area (Å²) in [5, 5.41) is 10.2. The van der Waals surface area contributed by atoms with Crippen molar-refractivity contribution in [2.45, 2.75) is 18.9 Å². The molecular weight excluding hydrogens is 409 g/mol. The molecule has 1 aliphatic rings. The van der Waals surface area contributed by atoms with Gasteiger partial charge in [0.15, 0.2) is 0 Å². The van der Waals surface area contributed by atoms with Gasteiger partial charge in [-0.25, -0.2) is 0 Å². The molecule has 1 fully saturated rings. The minimum absolute atomic E-state index is 0. The van der Waals surface area contributed by atoms with E-state index in [2.05, 4.69) is 29.2 Å². The number of carboxylic acids is 1. The number of aliphatic carboxylic acids is 1. The number of benzene rings is 2. The molecule has 3 rings (SSSR count). The molecule has 1 aliphatic heterocycles. The maximum absolute atomic E-state index is 10.8. The number of nitrogens with zero attached hydrogens (tertiary/aromatic N) is 1. The van der Waals surface area contributed by atoms with E-state index in [0.29, 0.717) is 36.2 Å². The van der Waals surface area contributed by atoms with Crippen LogP contribution in [0.15, 0.2) is 42.5 Å². The second-order valence-corrected chi connectivity index (χ2v) is 7.24. The molecule has 0 aromatic heterocycles. The predicted molar refractivity (Wildman–Crippen MR) is 110 cm³/mol. The van der Waals surface area contributed by atoms with E-state index in [4.69, 9.17) is 33.0 Å². The number of halogens is 3. The first-order valence-corrected chi connectivity index (χ1v) is 9.36. The van der Waals surface area contributed by atoms with Gasteiger partial charge in [0, 0.05) is 36.1 Å². The molecule has 1 N–H and O–H groups in total. The summed E-state index contributed by atoms with van der Waals surface area (Å²) in [5.74, 6) is -0.768. The molecule has 2 aromatic carbocycles. The van der Waals surface area contributed by atoms with Gasteiger partial charge in [-0.05, 0) is 28.8 Å². The van der Waals surface area contributed by atoms with Crippen molar-refractivity contribution in [1.82, 2.24) is 4.90 Å². The molecular formula is C20H22Cl3NO3. The van der Waals surface area contributed by atoms with Crippen LogP contribution in [-0.4, -0.2) is 42.2 Å². The molecule has 0 radical (unpaired) electrons. The average Bonchev–Trinajstić information content (AvgIpc) is 2.64. The Labute approximate surface area is 175 Å². The van der Waals surface area contributed by atoms with Gasteiger partial charge >= 0.3 is 5.97 Å². The van der Waals surface area contributed by atoms with Crippen LogP contribution in [0.1, 0.15) is 29.2 Å². The molecule has 1 atom stereocenters. The van der Waals surface area contributed by atoms with Gasteiger partial charge in [0.25, 0.3) is 0 Å². The summed E-state index contributed by atoms with van der Waals surface area (Å²) in [4.78, 5) is 12.9. The number of morpholine rings is 1. The van der Waals surface area contributed by atoms with Crippen molar-refractivity contribution in [3.05, 3.63) is 69.2 Å². The Kier molecular flexibility index (Phi) is 8.39. The van der Waals surface area contributed by atoms with Gasteiger partial charge in [0.1, 0.15) is 0 Å². The van der Waals surface area contributed by atoms with Gasteiger partial charge in [-0.15, -0.1) is 12.4 Å². The van der Waals surface area contributed by atoms with E-state index in [-0.39, 0.29) is 24.9 Å². The van der Waals surface area contributed by atoms with Gasteiger partial charge in [-0.1, -0.05) is 53.5 Å². The van der Waals surface area contributed by atoms with Crippen molar-refractivity contribution in [2.24, 2.45) is 0 Å². The second-order valence-electron chi connectivity index (χ2n) is 6.42. The fourth-order valence-electron chi connectivity index (χ4n) is 3.12. The Bertz CT molecular complexity index is 747. The molecule has 0 aliphatic carbocycles. The molecule has 146 valence electrons. The maximum atomic E-state index is 10.8. The first-order chi connectivity index (χ1) is 12.5. The lowest BCUT2D eigenvalue weighted by atomic mass is 10.0. The number of ether oxygens (including phenoxy) is 1. The van der Waals surface area contributed by atoms with Crippen LogP contribution in [0.25, 0.3) is 0 Å². The van der Waals surface area contributed by atoms with Gasteiger partial charge < -0.3 is 9.84 Å². The topological polar surface area (TPSA) is 49.8 Å². The summed E-state index contributed by atoms with van der Waals surface area (Å²) in [7, 11) is 0. The third-order valence-corrected chi connectivity index (χ3v) is 5.29. The van der Waals surface area contributed by atoms with Crippen LogP contribution in [0, 0.1) is 0 Å². The van der Waals surface area contributed by atoms with E-state index in [0.717, 1.165) is 23.2 Å². The van der Waals surface area contributed by atoms with Crippen LogP contribution < -0.4 is 0 Å². The molecule has 0 spiro atoms. The zero-order valence-electron chi connectivity index (χ0n) is 14.7. The molecule has 27 heavy (non-hydrogen) atoms. The van der Waals surface area contributed by atoms with E-state index in [1.807, 2.05) is 18.2 Å². The average molecular weight is 431 g/mol. The SMILES string of the molecule is Cl.O=C(O)CCN1CCOC(c2ccc(Cc3c(Cl)cccc3Cl)cc2)C1. The fourth-order valence-corrected chi connectivity index (χ4v) is 3.65. The highest BCUT2D eigenvalue weighted by atomic mass is 35.5. The summed E-state index contributed by atoms with van der Waals surface area (Å²) < 4.78 is 5.87. The van der Waals surface area contributed by atoms with Crippen molar-refractivity contribution in [3.8, 4) is 0 Å². The molecule has 1 unspecified atom stereocenters. The van der Waals surface area contributed by atoms with Crippen molar-refractivity contribution in [2.75, 3.05) is 26.2 Å². The lowest BCUT2D eigenvalue weighted by Gasteiger charge is -2.32. The van der Waals surface area contributed by atoms with E-state index in [9.17, 15) is 4.79 Å². The monoisotopic (exact) mass is 429 g/mol. The third-order valence-electron chi connectivity index (χ3n) is 4.59. The zero-order chi connectivity index (χ0) is 18.5. The molecule has 1 saturated heterocycles. The molecule has 7 heteroatoms. The molecule has 1 heterocycles. The second kappa shape index (κ2) is 10.3. The zero-order valence-corrected chi connectivity index (χ0v) is 17.1. The minimum atomic E-state index is -0.768. The van der Waals surface area contributed by atoms with Gasteiger partial charge in [0.2, 0.25) is 0 Å². The maximum Gasteiger partial charge on any atom is 0.304 e. The molecule has 2 aromatic rings. The van der Waals surface area contributed by atoms with Crippen molar-refractivity contribution < 1.29 is 14.6 Å². The van der Waals surface area contributed by atoms with Crippen LogP contribution >= 0.6 is 35.6 Å². The molecule has 0 saturated carbocycles. The minimum Gasteiger partial charge on any atom is -0.481 e. The normalized spacial score (nSPS) is 17.3. The van der Waals surface area contributed by atoms with Gasteiger partial charge in [-0.3, -0.25) is 9.69 Å². The number of hydrogen-bond acceptors (Lipinski definition) is 3. The Hall–Kier alpha value is -1.30. The van der Waals surface area contributed by atoms with Crippen LogP contribution in [0.3, 0.4) is 0 Å². The van der Waals surface area contributed by atoms with Crippen LogP contribution in [0.2, 0.25) is 10.0 Å². The highest BCUT2D eigenvalue weighted by molar-refractivity contribution is 6.36. The third kappa shape index (κ3) is 6.09. The predicted octanol–water partition coefficient (Wildman–Crippen LogP) is 4.85. The Morgan fingerprint density at radius 2 is 1.81 bits per heavy atom. The standard InChI is InChI=1S/C20H21Cl2NO3.ClH/c21-17-2-1-3-18(22)16(17)12-14-4-6-15(7-5-14)19-13-23(10-11-26-19)9-8-20(24)25;/h1-7,19H,8-13H2,(H,24,25);1H. The first-order valence-electron chi connectivity index (χ1n) is 8.60. The highest BCUT2D eigenvalue weighted by Crippen LogP contribution is 2.28.